The molecule has 0 saturated heterocycles. The molecule has 0 aromatic carbocycles. The molecule has 1 aliphatic carbocycles. The van der Waals surface area contributed by atoms with Crippen molar-refractivity contribution in [2.24, 2.45) is 17.9 Å². The molecule has 1 aromatic rings. The third-order valence-corrected chi connectivity index (χ3v) is 4.18. The number of anilines is 1. The maximum absolute atomic E-state index is 9.02. The summed E-state index contributed by atoms with van der Waals surface area (Å²) in [6.45, 7) is 4.94. The third kappa shape index (κ3) is 2.59. The van der Waals surface area contributed by atoms with Crippen LogP contribution in [0.3, 0.4) is 0 Å². The van der Waals surface area contributed by atoms with Gasteiger partial charge in [-0.3, -0.25) is 4.68 Å². The van der Waals surface area contributed by atoms with Gasteiger partial charge in [-0.25, -0.2) is 0 Å². The molecule has 3 N–H and O–H groups in total. The Morgan fingerprint density at radius 1 is 1.45 bits per heavy atom. The molecule has 0 bridgehead atoms. The minimum Gasteiger partial charge on any atom is -0.409 e. The lowest BCUT2D eigenvalue weighted by molar-refractivity contribution is 0.318. The standard InChI is InChI=1S/C14H25N5O/c1-4-19(11-8-6-5-7-9-11)14-12(13(15)17-20)10(2)16-18(14)3/h11,20H,4-9H2,1-3H3,(H2,15,17). The highest BCUT2D eigenvalue weighted by atomic mass is 16.4. The van der Waals surface area contributed by atoms with E-state index in [0.717, 1.165) is 23.6 Å². The van der Waals surface area contributed by atoms with Crippen molar-refractivity contribution < 1.29 is 5.21 Å². The fraction of sp³-hybridized carbons (Fsp3) is 0.714. The molecule has 1 fully saturated rings. The first kappa shape index (κ1) is 14.7. The topological polar surface area (TPSA) is 79.7 Å². The van der Waals surface area contributed by atoms with Gasteiger partial charge in [0.25, 0.3) is 0 Å². The second kappa shape index (κ2) is 6.15. The monoisotopic (exact) mass is 279 g/mol. The summed E-state index contributed by atoms with van der Waals surface area (Å²) in [7, 11) is 1.92. The van der Waals surface area contributed by atoms with Crippen molar-refractivity contribution in [2.75, 3.05) is 11.4 Å². The maximum atomic E-state index is 9.02. The molecule has 1 aliphatic rings. The second-order valence-corrected chi connectivity index (χ2v) is 5.47. The van der Waals surface area contributed by atoms with Crippen LogP contribution in [0.4, 0.5) is 5.82 Å². The van der Waals surface area contributed by atoms with Gasteiger partial charge in [0.05, 0.1) is 11.3 Å². The second-order valence-electron chi connectivity index (χ2n) is 5.47. The molecule has 2 rings (SSSR count). The van der Waals surface area contributed by atoms with Gasteiger partial charge in [-0.05, 0) is 26.7 Å². The normalized spacial score (nSPS) is 17.4. The Morgan fingerprint density at radius 3 is 2.65 bits per heavy atom. The molecule has 0 unspecified atom stereocenters. The van der Waals surface area contributed by atoms with Gasteiger partial charge in [-0.1, -0.05) is 24.4 Å². The number of aryl methyl sites for hydroxylation is 2. The summed E-state index contributed by atoms with van der Waals surface area (Å²) in [4.78, 5) is 2.35. The first-order chi connectivity index (χ1) is 9.60. The first-order valence-electron chi connectivity index (χ1n) is 7.38. The largest absolute Gasteiger partial charge is 0.409 e. The lowest BCUT2D eigenvalue weighted by Gasteiger charge is -2.35. The van der Waals surface area contributed by atoms with Crippen LogP contribution in [0.1, 0.15) is 50.3 Å². The Morgan fingerprint density at radius 2 is 2.10 bits per heavy atom. The number of hydrogen-bond donors (Lipinski definition) is 2. The summed E-state index contributed by atoms with van der Waals surface area (Å²) >= 11 is 0. The Hall–Kier alpha value is -1.72. The smallest absolute Gasteiger partial charge is 0.175 e. The molecule has 0 atom stereocenters. The highest BCUT2D eigenvalue weighted by Gasteiger charge is 2.27. The minimum absolute atomic E-state index is 0.139. The van der Waals surface area contributed by atoms with Gasteiger partial charge in [0.2, 0.25) is 0 Å². The molecule has 1 heterocycles. The number of rotatable bonds is 4. The molecule has 1 saturated carbocycles. The molecule has 112 valence electrons. The minimum atomic E-state index is 0.139. The summed E-state index contributed by atoms with van der Waals surface area (Å²) in [6.07, 6.45) is 6.28. The number of nitrogens with two attached hydrogens (primary N) is 1. The summed E-state index contributed by atoms with van der Waals surface area (Å²) in [5, 5.41) is 16.6. The molecular formula is C14H25N5O. The van der Waals surface area contributed by atoms with Gasteiger partial charge >= 0.3 is 0 Å². The fourth-order valence-corrected chi connectivity index (χ4v) is 3.30. The number of hydrogen-bond acceptors (Lipinski definition) is 4. The number of nitrogens with zero attached hydrogens (tertiary/aromatic N) is 4. The van der Waals surface area contributed by atoms with Gasteiger partial charge in [0, 0.05) is 19.6 Å². The van der Waals surface area contributed by atoms with Crippen LogP contribution < -0.4 is 10.6 Å². The van der Waals surface area contributed by atoms with Crippen LogP contribution >= 0.6 is 0 Å². The molecule has 6 nitrogen and oxygen atoms in total. The quantitative estimate of drug-likeness (QED) is 0.382. The van der Waals surface area contributed by atoms with Gasteiger partial charge < -0.3 is 15.8 Å². The van der Waals surface area contributed by atoms with Crippen molar-refractivity contribution in [3.8, 4) is 0 Å². The lowest BCUT2D eigenvalue weighted by atomic mass is 9.94. The highest BCUT2D eigenvalue weighted by Crippen LogP contribution is 2.30. The zero-order valence-electron chi connectivity index (χ0n) is 12.6. The van der Waals surface area contributed by atoms with E-state index >= 15 is 0 Å². The summed E-state index contributed by atoms with van der Waals surface area (Å²) in [6, 6.07) is 0.522. The Labute approximate surface area is 120 Å². The summed E-state index contributed by atoms with van der Waals surface area (Å²) in [5.74, 6) is 1.10. The molecular weight excluding hydrogens is 254 g/mol. The van der Waals surface area contributed by atoms with Crippen LogP contribution in [-0.2, 0) is 7.05 Å². The van der Waals surface area contributed by atoms with Crippen LogP contribution in [0.15, 0.2) is 5.16 Å². The van der Waals surface area contributed by atoms with E-state index in [1.54, 1.807) is 0 Å². The van der Waals surface area contributed by atoms with Crippen LogP contribution in [0.25, 0.3) is 0 Å². The lowest BCUT2D eigenvalue weighted by Crippen LogP contribution is -2.39. The maximum Gasteiger partial charge on any atom is 0.175 e. The van der Waals surface area contributed by atoms with Crippen LogP contribution in [0.5, 0.6) is 0 Å². The van der Waals surface area contributed by atoms with E-state index in [-0.39, 0.29) is 5.84 Å². The SMILES string of the molecule is CCN(c1c(C(N)=NO)c(C)nn1C)C1CCCCC1. The van der Waals surface area contributed by atoms with E-state index in [0.29, 0.717) is 6.04 Å². The highest BCUT2D eigenvalue weighted by molar-refractivity contribution is 6.02. The van der Waals surface area contributed by atoms with E-state index in [2.05, 4.69) is 22.1 Å². The van der Waals surface area contributed by atoms with Crippen molar-refractivity contribution in [2.45, 2.75) is 52.0 Å². The summed E-state index contributed by atoms with van der Waals surface area (Å²) < 4.78 is 1.85. The Bertz CT molecular complexity index is 488. The van der Waals surface area contributed by atoms with E-state index < -0.39 is 0 Å². The zero-order chi connectivity index (χ0) is 14.7. The Kier molecular flexibility index (Phi) is 4.52. The number of amidine groups is 1. The van der Waals surface area contributed by atoms with Crippen LogP contribution in [0, 0.1) is 6.92 Å². The molecule has 0 spiro atoms. The van der Waals surface area contributed by atoms with E-state index in [1.807, 2.05) is 18.7 Å². The molecule has 0 aliphatic heterocycles. The van der Waals surface area contributed by atoms with Gasteiger partial charge in [0.1, 0.15) is 5.82 Å². The van der Waals surface area contributed by atoms with Crippen molar-refractivity contribution >= 4 is 11.7 Å². The van der Waals surface area contributed by atoms with Gasteiger partial charge in [0.15, 0.2) is 5.84 Å². The molecule has 20 heavy (non-hydrogen) atoms. The van der Waals surface area contributed by atoms with Crippen molar-refractivity contribution in [3.05, 3.63) is 11.3 Å². The van der Waals surface area contributed by atoms with E-state index in [1.165, 1.54) is 32.1 Å². The third-order valence-electron chi connectivity index (χ3n) is 4.18. The molecule has 1 aromatic heterocycles. The van der Waals surface area contributed by atoms with Crippen molar-refractivity contribution in [1.29, 1.82) is 0 Å². The predicted molar refractivity (Wildman–Crippen MR) is 80.3 cm³/mol. The van der Waals surface area contributed by atoms with Crippen molar-refractivity contribution in [1.82, 2.24) is 9.78 Å². The fourth-order valence-electron chi connectivity index (χ4n) is 3.30. The average Bonchev–Trinajstić information content (AvgIpc) is 2.75. The van der Waals surface area contributed by atoms with Gasteiger partial charge in [-0.15, -0.1) is 0 Å². The first-order valence-corrected chi connectivity index (χ1v) is 7.38. The Balaban J connectivity index is 2.43. The van der Waals surface area contributed by atoms with E-state index in [9.17, 15) is 0 Å². The molecule has 0 amide bonds. The van der Waals surface area contributed by atoms with Crippen LogP contribution in [-0.4, -0.2) is 33.4 Å². The summed E-state index contributed by atoms with van der Waals surface area (Å²) in [5.41, 5.74) is 7.40. The van der Waals surface area contributed by atoms with Crippen LogP contribution in [0.2, 0.25) is 0 Å². The van der Waals surface area contributed by atoms with Crippen molar-refractivity contribution in [3.63, 3.8) is 0 Å². The molecule has 0 radical (unpaired) electrons. The molecule has 6 heteroatoms. The number of oxime groups is 1. The van der Waals surface area contributed by atoms with Gasteiger partial charge in [-0.2, -0.15) is 5.10 Å². The zero-order valence-corrected chi connectivity index (χ0v) is 12.6. The number of aromatic nitrogens is 2. The van der Waals surface area contributed by atoms with E-state index in [4.69, 9.17) is 10.9 Å². The predicted octanol–water partition coefficient (Wildman–Crippen LogP) is 1.98. The average molecular weight is 279 g/mol.